The van der Waals surface area contributed by atoms with E-state index in [0.29, 0.717) is 23.8 Å². The Morgan fingerprint density at radius 3 is 3.12 bits per heavy atom. The largest absolute Gasteiger partial charge is 0.396 e. The van der Waals surface area contributed by atoms with Gasteiger partial charge in [-0.25, -0.2) is 0 Å². The molecule has 1 amide bonds. The second-order valence-electron chi connectivity index (χ2n) is 4.06. The van der Waals surface area contributed by atoms with E-state index in [2.05, 4.69) is 27.7 Å². The van der Waals surface area contributed by atoms with E-state index in [1.807, 2.05) is 0 Å². The van der Waals surface area contributed by atoms with Gasteiger partial charge in [-0.15, -0.1) is 0 Å². The normalized spacial score (nSPS) is 19.6. The summed E-state index contributed by atoms with van der Waals surface area (Å²) in [6, 6.07) is 0. The maximum absolute atomic E-state index is 11.7. The van der Waals surface area contributed by atoms with Crippen LogP contribution >= 0.6 is 0 Å². The highest BCUT2D eigenvalue weighted by molar-refractivity contribution is 5.96. The second kappa shape index (κ2) is 4.83. The molecule has 1 atom stereocenters. The standard InChI is InChI=1S/C11H16N4O/c12-9-7-14-15-10(9)11(16)13-6-8-4-2-1-3-5-8/h1-2,7-8H,3-6,12H2,(H,13,16)(H,14,15). The number of hydrogen-bond donors (Lipinski definition) is 3. The number of aromatic nitrogens is 2. The fourth-order valence-electron chi connectivity index (χ4n) is 1.84. The summed E-state index contributed by atoms with van der Waals surface area (Å²) in [5.74, 6) is 0.364. The fourth-order valence-corrected chi connectivity index (χ4v) is 1.84. The first-order chi connectivity index (χ1) is 7.77. The first-order valence-electron chi connectivity index (χ1n) is 5.49. The molecular weight excluding hydrogens is 204 g/mol. The number of carbonyl (C=O) groups is 1. The van der Waals surface area contributed by atoms with Crippen LogP contribution in [-0.4, -0.2) is 22.6 Å². The summed E-state index contributed by atoms with van der Waals surface area (Å²) < 4.78 is 0. The van der Waals surface area contributed by atoms with Crippen molar-refractivity contribution in [1.82, 2.24) is 15.5 Å². The smallest absolute Gasteiger partial charge is 0.271 e. The molecule has 0 bridgehead atoms. The Bertz CT molecular complexity index is 396. The molecule has 1 unspecified atom stereocenters. The van der Waals surface area contributed by atoms with E-state index >= 15 is 0 Å². The van der Waals surface area contributed by atoms with Gasteiger partial charge in [0.05, 0.1) is 11.9 Å². The zero-order valence-corrected chi connectivity index (χ0v) is 9.07. The first kappa shape index (κ1) is 10.7. The Morgan fingerprint density at radius 1 is 1.62 bits per heavy atom. The molecule has 4 N–H and O–H groups in total. The van der Waals surface area contributed by atoms with Crippen LogP contribution in [0.1, 0.15) is 29.8 Å². The molecule has 16 heavy (non-hydrogen) atoms. The van der Waals surface area contributed by atoms with Crippen LogP contribution in [0.15, 0.2) is 18.3 Å². The number of allylic oxidation sites excluding steroid dienone is 2. The third-order valence-electron chi connectivity index (χ3n) is 2.82. The highest BCUT2D eigenvalue weighted by Crippen LogP contribution is 2.17. The van der Waals surface area contributed by atoms with Crippen molar-refractivity contribution in [3.63, 3.8) is 0 Å². The molecule has 86 valence electrons. The van der Waals surface area contributed by atoms with Crippen LogP contribution in [-0.2, 0) is 0 Å². The number of anilines is 1. The van der Waals surface area contributed by atoms with Gasteiger partial charge in [-0.2, -0.15) is 5.10 Å². The number of H-pyrrole nitrogens is 1. The van der Waals surface area contributed by atoms with Crippen LogP contribution in [0.4, 0.5) is 5.69 Å². The molecule has 1 heterocycles. The summed E-state index contributed by atoms with van der Waals surface area (Å²) >= 11 is 0. The second-order valence-corrected chi connectivity index (χ2v) is 4.06. The van der Waals surface area contributed by atoms with Crippen LogP contribution < -0.4 is 11.1 Å². The average Bonchev–Trinajstić information content (AvgIpc) is 2.74. The number of aromatic amines is 1. The van der Waals surface area contributed by atoms with Gasteiger partial charge in [0.1, 0.15) is 5.69 Å². The van der Waals surface area contributed by atoms with Crippen LogP contribution in [0.5, 0.6) is 0 Å². The van der Waals surface area contributed by atoms with Crippen LogP contribution in [0.3, 0.4) is 0 Å². The Labute approximate surface area is 94.1 Å². The van der Waals surface area contributed by atoms with E-state index in [4.69, 9.17) is 5.73 Å². The van der Waals surface area contributed by atoms with Gasteiger partial charge in [0, 0.05) is 6.54 Å². The van der Waals surface area contributed by atoms with Crippen molar-refractivity contribution in [3.8, 4) is 0 Å². The number of nitrogens with zero attached hydrogens (tertiary/aromatic N) is 1. The van der Waals surface area contributed by atoms with Gasteiger partial charge in [-0.3, -0.25) is 9.89 Å². The van der Waals surface area contributed by atoms with Gasteiger partial charge in [0.25, 0.3) is 5.91 Å². The predicted octanol–water partition coefficient (Wildman–Crippen LogP) is 1.08. The molecular formula is C11H16N4O. The molecule has 0 aliphatic heterocycles. The predicted molar refractivity (Wildman–Crippen MR) is 61.8 cm³/mol. The minimum atomic E-state index is -0.176. The molecule has 0 fully saturated rings. The topological polar surface area (TPSA) is 83.8 Å². The molecule has 1 aromatic rings. The molecule has 0 saturated heterocycles. The Hall–Kier alpha value is -1.78. The van der Waals surface area contributed by atoms with Gasteiger partial charge in [0.2, 0.25) is 0 Å². The monoisotopic (exact) mass is 220 g/mol. The molecule has 5 nitrogen and oxygen atoms in total. The molecule has 0 saturated carbocycles. The van der Waals surface area contributed by atoms with Crippen molar-refractivity contribution in [2.45, 2.75) is 19.3 Å². The highest BCUT2D eigenvalue weighted by Gasteiger charge is 2.14. The summed E-state index contributed by atoms with van der Waals surface area (Å²) in [5.41, 5.74) is 6.33. The summed E-state index contributed by atoms with van der Waals surface area (Å²) in [4.78, 5) is 11.7. The number of nitrogens with one attached hydrogen (secondary N) is 2. The van der Waals surface area contributed by atoms with Gasteiger partial charge in [-0.1, -0.05) is 12.2 Å². The summed E-state index contributed by atoms with van der Waals surface area (Å²) in [5, 5.41) is 9.18. The lowest BCUT2D eigenvalue weighted by atomic mass is 9.94. The maximum atomic E-state index is 11.7. The van der Waals surface area contributed by atoms with E-state index in [1.165, 1.54) is 6.20 Å². The van der Waals surface area contributed by atoms with Crippen molar-refractivity contribution < 1.29 is 4.79 Å². The van der Waals surface area contributed by atoms with Gasteiger partial charge < -0.3 is 11.1 Å². The molecule has 0 spiro atoms. The number of nitrogen functional groups attached to an aromatic ring is 1. The fraction of sp³-hybridized carbons (Fsp3) is 0.455. The summed E-state index contributed by atoms with van der Waals surface area (Å²) in [6.45, 7) is 0.696. The van der Waals surface area contributed by atoms with Crippen molar-refractivity contribution in [2.75, 3.05) is 12.3 Å². The number of nitrogens with two attached hydrogens (primary N) is 1. The Balaban J connectivity index is 1.84. The van der Waals surface area contributed by atoms with E-state index in [9.17, 15) is 4.79 Å². The minimum absolute atomic E-state index is 0.176. The minimum Gasteiger partial charge on any atom is -0.396 e. The molecule has 2 rings (SSSR count). The maximum Gasteiger partial charge on any atom is 0.271 e. The molecule has 0 radical (unpaired) electrons. The van der Waals surface area contributed by atoms with Crippen molar-refractivity contribution in [2.24, 2.45) is 5.92 Å². The number of rotatable bonds is 3. The average molecular weight is 220 g/mol. The Kier molecular flexibility index (Phi) is 3.24. The summed E-state index contributed by atoms with van der Waals surface area (Å²) in [6.07, 6.45) is 9.08. The lowest BCUT2D eigenvalue weighted by Gasteiger charge is -2.17. The third kappa shape index (κ3) is 2.42. The molecule has 1 aliphatic carbocycles. The molecule has 1 aromatic heterocycles. The lowest BCUT2D eigenvalue weighted by Crippen LogP contribution is -2.30. The zero-order chi connectivity index (χ0) is 11.4. The lowest BCUT2D eigenvalue weighted by molar-refractivity contribution is 0.0942. The number of amides is 1. The van der Waals surface area contributed by atoms with Gasteiger partial charge >= 0.3 is 0 Å². The van der Waals surface area contributed by atoms with Gasteiger partial charge in [0.15, 0.2) is 0 Å². The van der Waals surface area contributed by atoms with Crippen LogP contribution in [0, 0.1) is 5.92 Å². The molecule has 5 heteroatoms. The van der Waals surface area contributed by atoms with Crippen molar-refractivity contribution in [3.05, 3.63) is 24.0 Å². The molecule has 0 aromatic carbocycles. The van der Waals surface area contributed by atoms with E-state index < -0.39 is 0 Å². The van der Waals surface area contributed by atoms with E-state index in [-0.39, 0.29) is 5.91 Å². The highest BCUT2D eigenvalue weighted by atomic mass is 16.1. The van der Waals surface area contributed by atoms with Crippen LogP contribution in [0.2, 0.25) is 0 Å². The zero-order valence-electron chi connectivity index (χ0n) is 9.07. The third-order valence-corrected chi connectivity index (χ3v) is 2.82. The number of hydrogen-bond acceptors (Lipinski definition) is 3. The van der Waals surface area contributed by atoms with Crippen LogP contribution in [0.25, 0.3) is 0 Å². The summed E-state index contributed by atoms with van der Waals surface area (Å²) in [7, 11) is 0. The van der Waals surface area contributed by atoms with Crippen molar-refractivity contribution >= 4 is 11.6 Å². The SMILES string of the molecule is Nc1cn[nH]c1C(=O)NCC1CC=CCC1. The molecule has 1 aliphatic rings. The van der Waals surface area contributed by atoms with Gasteiger partial charge in [-0.05, 0) is 25.2 Å². The van der Waals surface area contributed by atoms with E-state index in [0.717, 1.165) is 19.3 Å². The van der Waals surface area contributed by atoms with E-state index in [1.54, 1.807) is 0 Å². The number of carbonyl (C=O) groups excluding carboxylic acids is 1. The Morgan fingerprint density at radius 2 is 2.50 bits per heavy atom. The van der Waals surface area contributed by atoms with Crippen molar-refractivity contribution in [1.29, 1.82) is 0 Å². The first-order valence-corrected chi connectivity index (χ1v) is 5.49. The quantitative estimate of drug-likeness (QED) is 0.666.